The van der Waals surface area contributed by atoms with Gasteiger partial charge in [0.05, 0.1) is 11.7 Å². The van der Waals surface area contributed by atoms with E-state index in [1.807, 2.05) is 55.9 Å². The van der Waals surface area contributed by atoms with E-state index in [0.29, 0.717) is 15.7 Å². The number of halogens is 2. The molecule has 2 heterocycles. The number of amides is 1. The Kier molecular flexibility index (Phi) is 3.99. The van der Waals surface area contributed by atoms with Crippen molar-refractivity contribution in [2.24, 2.45) is 7.05 Å². The highest BCUT2D eigenvalue weighted by molar-refractivity contribution is 9.10. The van der Waals surface area contributed by atoms with Crippen molar-refractivity contribution in [2.75, 3.05) is 4.90 Å². The molecule has 4 rings (SSSR count). The van der Waals surface area contributed by atoms with E-state index in [1.165, 1.54) is 6.07 Å². The van der Waals surface area contributed by atoms with Crippen LogP contribution >= 0.6 is 15.9 Å². The molecule has 0 aliphatic carbocycles. The lowest BCUT2D eigenvalue weighted by atomic mass is 9.98. The van der Waals surface area contributed by atoms with Crippen molar-refractivity contribution in [3.8, 4) is 0 Å². The number of hydrogen-bond donors (Lipinski definition) is 0. The Labute approximate surface area is 159 Å². The molecule has 0 N–H and O–H groups in total. The third-order valence-electron chi connectivity index (χ3n) is 5.19. The van der Waals surface area contributed by atoms with Crippen LogP contribution in [-0.4, -0.2) is 10.5 Å². The lowest BCUT2D eigenvalue weighted by molar-refractivity contribution is -0.114. The molecule has 1 amide bonds. The van der Waals surface area contributed by atoms with Gasteiger partial charge in [0, 0.05) is 39.8 Å². The quantitative estimate of drug-likeness (QED) is 0.544. The zero-order valence-corrected chi connectivity index (χ0v) is 16.3. The molecule has 0 spiro atoms. The minimum absolute atomic E-state index is 0.151. The molecular formula is C21H18BrFN2O. The van der Waals surface area contributed by atoms with Crippen molar-refractivity contribution >= 4 is 38.4 Å². The molecule has 0 radical (unpaired) electrons. The van der Waals surface area contributed by atoms with Crippen molar-refractivity contribution in [1.29, 1.82) is 0 Å². The highest BCUT2D eigenvalue weighted by atomic mass is 79.9. The molecular weight excluding hydrogens is 395 g/mol. The second kappa shape index (κ2) is 6.09. The number of para-hydroxylation sites is 1. The van der Waals surface area contributed by atoms with Crippen LogP contribution in [0.25, 0.3) is 10.9 Å². The Morgan fingerprint density at radius 3 is 2.58 bits per heavy atom. The molecule has 3 nitrogen and oxygen atoms in total. The van der Waals surface area contributed by atoms with Crippen LogP contribution in [0, 0.1) is 5.82 Å². The second-order valence-corrected chi connectivity index (χ2v) is 7.61. The number of aryl methyl sites for hydroxylation is 1. The molecule has 1 aliphatic heterocycles. The van der Waals surface area contributed by atoms with Gasteiger partial charge in [0.1, 0.15) is 5.82 Å². The van der Waals surface area contributed by atoms with Crippen molar-refractivity contribution in [2.45, 2.75) is 19.9 Å². The minimum atomic E-state index is -0.416. The van der Waals surface area contributed by atoms with Gasteiger partial charge in [0.15, 0.2) is 0 Å². The third kappa shape index (κ3) is 2.42. The summed E-state index contributed by atoms with van der Waals surface area (Å²) in [6, 6.07) is 12.6. The molecule has 26 heavy (non-hydrogen) atoms. The van der Waals surface area contributed by atoms with E-state index in [0.717, 1.165) is 22.0 Å². The summed E-state index contributed by atoms with van der Waals surface area (Å²) in [5, 5.41) is 1.07. The van der Waals surface area contributed by atoms with Crippen molar-refractivity contribution in [3.05, 3.63) is 75.7 Å². The Morgan fingerprint density at radius 1 is 1.12 bits per heavy atom. The molecule has 0 bridgehead atoms. The summed E-state index contributed by atoms with van der Waals surface area (Å²) >= 11 is 3.28. The zero-order chi connectivity index (χ0) is 18.6. The lowest BCUT2D eigenvalue weighted by Crippen LogP contribution is -2.30. The monoisotopic (exact) mass is 412 g/mol. The van der Waals surface area contributed by atoms with Gasteiger partial charge >= 0.3 is 0 Å². The summed E-state index contributed by atoms with van der Waals surface area (Å²) in [5.74, 6) is -0.567. The lowest BCUT2D eigenvalue weighted by Gasteiger charge is -2.27. The van der Waals surface area contributed by atoms with Gasteiger partial charge in [-0.1, -0.05) is 34.1 Å². The third-order valence-corrected chi connectivity index (χ3v) is 5.68. The average molecular weight is 413 g/mol. The number of carbonyl (C=O) groups excluding carboxylic acids is 1. The van der Waals surface area contributed by atoms with E-state index in [9.17, 15) is 9.18 Å². The average Bonchev–Trinajstić information content (AvgIpc) is 3.05. The van der Waals surface area contributed by atoms with Gasteiger partial charge in [0.25, 0.3) is 5.91 Å². The second-order valence-electron chi connectivity index (χ2n) is 6.69. The number of rotatable bonds is 2. The summed E-state index contributed by atoms with van der Waals surface area (Å²) in [6.07, 6.45) is 2.04. The van der Waals surface area contributed by atoms with Gasteiger partial charge in [-0.2, -0.15) is 0 Å². The van der Waals surface area contributed by atoms with E-state index < -0.39 is 5.82 Å². The highest BCUT2D eigenvalue weighted by Crippen LogP contribution is 2.44. The fourth-order valence-corrected chi connectivity index (χ4v) is 4.09. The van der Waals surface area contributed by atoms with Crippen LogP contribution in [-0.2, 0) is 11.8 Å². The fraction of sp³-hybridized carbons (Fsp3) is 0.190. The van der Waals surface area contributed by atoms with Crippen LogP contribution in [0.3, 0.4) is 0 Å². The first-order chi connectivity index (χ1) is 12.4. The smallest absolute Gasteiger partial charge is 0.254 e. The highest BCUT2D eigenvalue weighted by Gasteiger charge is 2.39. The van der Waals surface area contributed by atoms with E-state index >= 15 is 0 Å². The normalized spacial score (nSPS) is 17.7. The fourth-order valence-electron chi connectivity index (χ4n) is 3.75. The number of anilines is 1. The zero-order valence-electron chi connectivity index (χ0n) is 14.8. The van der Waals surface area contributed by atoms with Crippen LogP contribution < -0.4 is 4.90 Å². The number of carbonyl (C=O) groups is 1. The summed E-state index contributed by atoms with van der Waals surface area (Å²) in [7, 11) is 1.99. The van der Waals surface area contributed by atoms with Crippen LogP contribution in [0.5, 0.6) is 0 Å². The number of aromatic nitrogens is 1. The Bertz CT molecular complexity index is 1080. The predicted molar refractivity (Wildman–Crippen MR) is 106 cm³/mol. The molecule has 2 aromatic carbocycles. The van der Waals surface area contributed by atoms with Crippen molar-refractivity contribution in [3.63, 3.8) is 0 Å². The van der Waals surface area contributed by atoms with Crippen LogP contribution in [0.15, 0.2) is 64.3 Å². The maximum absolute atomic E-state index is 14.7. The molecule has 5 heteroatoms. The summed E-state index contributed by atoms with van der Waals surface area (Å²) in [6.45, 7) is 3.77. The molecule has 1 aliphatic rings. The van der Waals surface area contributed by atoms with Crippen LogP contribution in [0.4, 0.5) is 10.1 Å². The first kappa shape index (κ1) is 17.0. The van der Waals surface area contributed by atoms with E-state index in [4.69, 9.17) is 0 Å². The van der Waals surface area contributed by atoms with Gasteiger partial charge in [-0.05, 0) is 43.7 Å². The standard InChI is InChI=1S/C21H18BrFN2O/c1-12-13(2)21(26)25(19-9-8-14(22)10-17(19)23)20(12)16-11-24(3)18-7-5-4-6-15(16)18/h4-11,20H,1-3H3. The van der Waals surface area contributed by atoms with Gasteiger partial charge in [0.2, 0.25) is 0 Å². The topological polar surface area (TPSA) is 25.2 Å². The molecule has 0 fully saturated rings. The van der Waals surface area contributed by atoms with E-state index in [1.54, 1.807) is 17.0 Å². The molecule has 132 valence electrons. The summed E-state index contributed by atoms with van der Waals surface area (Å²) in [4.78, 5) is 14.5. The molecule has 0 saturated heterocycles. The Hall–Kier alpha value is -2.40. The maximum Gasteiger partial charge on any atom is 0.254 e. The number of hydrogen-bond acceptors (Lipinski definition) is 1. The number of fused-ring (bicyclic) bond motifs is 1. The summed E-state index contributed by atoms with van der Waals surface area (Å²) < 4.78 is 17.4. The molecule has 1 unspecified atom stereocenters. The van der Waals surface area contributed by atoms with Crippen LogP contribution in [0.1, 0.15) is 25.5 Å². The summed E-state index contributed by atoms with van der Waals surface area (Å²) in [5.41, 5.74) is 4.02. The molecule has 1 atom stereocenters. The van der Waals surface area contributed by atoms with E-state index in [-0.39, 0.29) is 11.9 Å². The van der Waals surface area contributed by atoms with Gasteiger partial charge in [-0.3, -0.25) is 9.69 Å². The predicted octanol–water partition coefficient (Wildman–Crippen LogP) is 5.50. The molecule has 3 aromatic rings. The van der Waals surface area contributed by atoms with Gasteiger partial charge in [-0.15, -0.1) is 0 Å². The Morgan fingerprint density at radius 2 is 1.85 bits per heavy atom. The Balaban J connectivity index is 1.95. The number of nitrogens with zero attached hydrogens (tertiary/aromatic N) is 2. The first-order valence-electron chi connectivity index (χ1n) is 8.40. The SMILES string of the molecule is CC1=C(C)C(c2cn(C)c3ccccc23)N(c2ccc(Br)cc2F)C1=O. The molecule has 1 aromatic heterocycles. The first-order valence-corrected chi connectivity index (χ1v) is 9.19. The van der Waals surface area contributed by atoms with Gasteiger partial charge in [-0.25, -0.2) is 4.39 Å². The maximum atomic E-state index is 14.7. The minimum Gasteiger partial charge on any atom is -0.350 e. The largest absolute Gasteiger partial charge is 0.350 e. The molecule has 0 saturated carbocycles. The number of benzene rings is 2. The van der Waals surface area contributed by atoms with E-state index in [2.05, 4.69) is 15.9 Å². The van der Waals surface area contributed by atoms with Crippen molar-refractivity contribution < 1.29 is 9.18 Å². The van der Waals surface area contributed by atoms with Gasteiger partial charge < -0.3 is 4.57 Å². The van der Waals surface area contributed by atoms with Crippen LogP contribution in [0.2, 0.25) is 0 Å². The van der Waals surface area contributed by atoms with Crippen molar-refractivity contribution in [1.82, 2.24) is 4.57 Å².